The van der Waals surface area contributed by atoms with E-state index >= 15 is 0 Å². The van der Waals surface area contributed by atoms with Crippen molar-refractivity contribution in [3.8, 4) is 5.75 Å². The quantitative estimate of drug-likeness (QED) is 0.929. The topological polar surface area (TPSA) is 38.3 Å². The van der Waals surface area contributed by atoms with E-state index in [0.717, 1.165) is 11.1 Å². The van der Waals surface area contributed by atoms with Crippen LogP contribution < -0.4 is 10.1 Å². The standard InChI is InChI=1S/C18H20FNO2/c1-11-5-7-15(12(2)9-11)13(3)20-18(21)14-6-8-17(22-4)16(19)10-14/h5-10,13H,1-4H3,(H,20,21)/t13-/m0/s1. The second-order valence-electron chi connectivity index (χ2n) is 5.40. The Morgan fingerprint density at radius 1 is 1.18 bits per heavy atom. The monoisotopic (exact) mass is 301 g/mol. The summed E-state index contributed by atoms with van der Waals surface area (Å²) in [4.78, 5) is 12.2. The minimum atomic E-state index is -0.547. The minimum absolute atomic E-state index is 0.124. The Bertz CT molecular complexity index is 697. The molecule has 2 aromatic rings. The summed E-state index contributed by atoms with van der Waals surface area (Å²) in [5, 5.41) is 2.89. The lowest BCUT2D eigenvalue weighted by atomic mass is 10.00. The van der Waals surface area contributed by atoms with Gasteiger partial charge in [0.15, 0.2) is 11.6 Å². The van der Waals surface area contributed by atoms with Crippen LogP contribution in [0.3, 0.4) is 0 Å². The first-order valence-corrected chi connectivity index (χ1v) is 7.14. The van der Waals surface area contributed by atoms with Crippen LogP contribution in [0.15, 0.2) is 36.4 Å². The van der Waals surface area contributed by atoms with Crippen molar-refractivity contribution < 1.29 is 13.9 Å². The van der Waals surface area contributed by atoms with Gasteiger partial charge in [0.2, 0.25) is 0 Å². The van der Waals surface area contributed by atoms with Gasteiger partial charge in [-0.15, -0.1) is 0 Å². The Hall–Kier alpha value is -2.36. The van der Waals surface area contributed by atoms with Crippen LogP contribution in [-0.4, -0.2) is 13.0 Å². The SMILES string of the molecule is COc1ccc(C(=O)N[C@@H](C)c2ccc(C)cc2C)cc1F. The van der Waals surface area contributed by atoms with Gasteiger partial charge in [0.05, 0.1) is 13.2 Å². The van der Waals surface area contributed by atoms with E-state index < -0.39 is 5.82 Å². The highest BCUT2D eigenvalue weighted by Crippen LogP contribution is 2.21. The fourth-order valence-electron chi connectivity index (χ4n) is 2.48. The predicted octanol–water partition coefficient (Wildman–Crippen LogP) is 3.94. The molecular weight excluding hydrogens is 281 g/mol. The highest BCUT2D eigenvalue weighted by atomic mass is 19.1. The second-order valence-corrected chi connectivity index (χ2v) is 5.40. The molecule has 0 spiro atoms. The first-order chi connectivity index (χ1) is 10.4. The molecule has 0 radical (unpaired) electrons. The zero-order valence-electron chi connectivity index (χ0n) is 13.2. The number of hydrogen-bond donors (Lipinski definition) is 1. The fraction of sp³-hybridized carbons (Fsp3) is 0.278. The molecular formula is C18H20FNO2. The fourth-order valence-corrected chi connectivity index (χ4v) is 2.48. The van der Waals surface area contributed by atoms with Crippen LogP contribution in [0.4, 0.5) is 4.39 Å². The average molecular weight is 301 g/mol. The number of carbonyl (C=O) groups is 1. The van der Waals surface area contributed by atoms with Gasteiger partial charge in [-0.1, -0.05) is 23.8 Å². The summed E-state index contributed by atoms with van der Waals surface area (Å²) < 4.78 is 18.5. The maximum atomic E-state index is 13.7. The molecule has 1 N–H and O–H groups in total. The van der Waals surface area contributed by atoms with Crippen molar-refractivity contribution in [2.24, 2.45) is 0 Å². The van der Waals surface area contributed by atoms with Crippen LogP contribution in [0, 0.1) is 19.7 Å². The molecule has 0 aliphatic rings. The van der Waals surface area contributed by atoms with Crippen molar-refractivity contribution in [3.05, 3.63) is 64.5 Å². The van der Waals surface area contributed by atoms with Gasteiger partial charge in [-0.05, 0) is 50.1 Å². The second kappa shape index (κ2) is 6.60. The van der Waals surface area contributed by atoms with Gasteiger partial charge in [-0.3, -0.25) is 4.79 Å². The highest BCUT2D eigenvalue weighted by Gasteiger charge is 2.15. The maximum Gasteiger partial charge on any atom is 0.251 e. The molecule has 2 aromatic carbocycles. The number of carbonyl (C=O) groups excluding carboxylic acids is 1. The Labute approximate surface area is 130 Å². The molecule has 4 heteroatoms. The molecule has 0 aliphatic heterocycles. The Morgan fingerprint density at radius 3 is 2.50 bits per heavy atom. The summed E-state index contributed by atoms with van der Waals surface area (Å²) in [6.07, 6.45) is 0. The number of benzene rings is 2. The van der Waals surface area contributed by atoms with Crippen molar-refractivity contribution >= 4 is 5.91 Å². The molecule has 0 bridgehead atoms. The zero-order valence-corrected chi connectivity index (χ0v) is 13.2. The number of amides is 1. The molecule has 0 aliphatic carbocycles. The number of nitrogens with one attached hydrogen (secondary N) is 1. The number of rotatable bonds is 4. The molecule has 0 aromatic heterocycles. The van der Waals surface area contributed by atoms with Crippen molar-refractivity contribution in [1.29, 1.82) is 0 Å². The summed E-state index contributed by atoms with van der Waals surface area (Å²) in [6.45, 7) is 5.95. The van der Waals surface area contributed by atoms with Crippen molar-refractivity contribution in [2.45, 2.75) is 26.8 Å². The summed E-state index contributed by atoms with van der Waals surface area (Å²) in [5.74, 6) is -0.734. The van der Waals surface area contributed by atoms with Gasteiger partial charge in [-0.2, -0.15) is 0 Å². The van der Waals surface area contributed by atoms with Crippen molar-refractivity contribution in [1.82, 2.24) is 5.32 Å². The number of methoxy groups -OCH3 is 1. The lowest BCUT2D eigenvalue weighted by molar-refractivity contribution is 0.0939. The molecule has 116 valence electrons. The molecule has 0 saturated heterocycles. The van der Waals surface area contributed by atoms with E-state index in [-0.39, 0.29) is 23.3 Å². The molecule has 0 unspecified atom stereocenters. The van der Waals surface area contributed by atoms with E-state index in [0.29, 0.717) is 0 Å². The van der Waals surface area contributed by atoms with Gasteiger partial charge in [0, 0.05) is 5.56 Å². The smallest absolute Gasteiger partial charge is 0.251 e. The molecule has 0 saturated carbocycles. The predicted molar refractivity (Wildman–Crippen MR) is 84.7 cm³/mol. The van der Waals surface area contributed by atoms with E-state index in [9.17, 15) is 9.18 Å². The third-order valence-corrected chi connectivity index (χ3v) is 3.65. The van der Waals surface area contributed by atoms with Gasteiger partial charge >= 0.3 is 0 Å². The number of aryl methyl sites for hydroxylation is 2. The number of hydrogen-bond acceptors (Lipinski definition) is 2. The Kier molecular flexibility index (Phi) is 4.81. The van der Waals surface area contributed by atoms with E-state index in [2.05, 4.69) is 11.4 Å². The third kappa shape index (κ3) is 3.45. The molecule has 1 amide bonds. The summed E-state index contributed by atoms with van der Waals surface area (Å²) in [7, 11) is 1.39. The normalized spacial score (nSPS) is 11.9. The number of halogens is 1. The van der Waals surface area contributed by atoms with E-state index in [4.69, 9.17) is 4.74 Å². The average Bonchev–Trinajstić information content (AvgIpc) is 2.46. The molecule has 3 nitrogen and oxygen atoms in total. The van der Waals surface area contributed by atoms with E-state index in [1.807, 2.05) is 32.9 Å². The summed E-state index contributed by atoms with van der Waals surface area (Å²) >= 11 is 0. The molecule has 2 rings (SSSR count). The van der Waals surface area contributed by atoms with Crippen LogP contribution in [0.2, 0.25) is 0 Å². The zero-order chi connectivity index (χ0) is 16.3. The highest BCUT2D eigenvalue weighted by molar-refractivity contribution is 5.94. The lowest BCUT2D eigenvalue weighted by Crippen LogP contribution is -2.27. The van der Waals surface area contributed by atoms with Gasteiger partial charge in [-0.25, -0.2) is 4.39 Å². The minimum Gasteiger partial charge on any atom is -0.494 e. The third-order valence-electron chi connectivity index (χ3n) is 3.65. The lowest BCUT2D eigenvalue weighted by Gasteiger charge is -2.17. The van der Waals surface area contributed by atoms with Crippen LogP contribution in [-0.2, 0) is 0 Å². The van der Waals surface area contributed by atoms with E-state index in [1.54, 1.807) is 6.07 Å². The van der Waals surface area contributed by atoms with Crippen LogP contribution in [0.5, 0.6) is 5.75 Å². The largest absolute Gasteiger partial charge is 0.494 e. The Morgan fingerprint density at radius 2 is 1.91 bits per heavy atom. The molecule has 1 atom stereocenters. The van der Waals surface area contributed by atoms with Crippen molar-refractivity contribution in [2.75, 3.05) is 7.11 Å². The first kappa shape index (κ1) is 16.0. The maximum absolute atomic E-state index is 13.7. The van der Waals surface area contributed by atoms with Gasteiger partial charge < -0.3 is 10.1 Å². The Balaban J connectivity index is 2.15. The van der Waals surface area contributed by atoms with Crippen LogP contribution in [0.25, 0.3) is 0 Å². The van der Waals surface area contributed by atoms with Crippen molar-refractivity contribution in [3.63, 3.8) is 0 Å². The molecule has 0 heterocycles. The molecule has 22 heavy (non-hydrogen) atoms. The summed E-state index contributed by atoms with van der Waals surface area (Å²) in [6, 6.07) is 10.1. The number of ether oxygens (including phenoxy) is 1. The summed E-state index contributed by atoms with van der Waals surface area (Å²) in [5.41, 5.74) is 3.62. The van der Waals surface area contributed by atoms with Crippen LogP contribution >= 0.6 is 0 Å². The van der Waals surface area contributed by atoms with Gasteiger partial charge in [0.1, 0.15) is 0 Å². The van der Waals surface area contributed by atoms with E-state index in [1.165, 1.54) is 24.8 Å². The van der Waals surface area contributed by atoms with Crippen LogP contribution in [0.1, 0.15) is 40.0 Å². The first-order valence-electron chi connectivity index (χ1n) is 7.14. The van der Waals surface area contributed by atoms with Gasteiger partial charge in [0.25, 0.3) is 5.91 Å². The molecule has 0 fully saturated rings.